The van der Waals surface area contributed by atoms with E-state index >= 15 is 0 Å². The monoisotopic (exact) mass is 313 g/mol. The second-order valence-electron chi connectivity index (χ2n) is 7.06. The van der Waals surface area contributed by atoms with Gasteiger partial charge in [0.1, 0.15) is 0 Å². The highest BCUT2D eigenvalue weighted by Crippen LogP contribution is 2.21. The molecule has 3 N–H and O–H groups in total. The molecule has 2 unspecified atom stereocenters. The number of nitrogens with zero attached hydrogens (tertiary/aromatic N) is 1. The maximum atomic E-state index is 12.1. The van der Waals surface area contributed by atoms with E-state index in [0.717, 1.165) is 0 Å². The molecule has 0 aliphatic carbocycles. The first-order chi connectivity index (χ1) is 10.1. The fraction of sp³-hybridized carbons (Fsp3) is 0.800. The van der Waals surface area contributed by atoms with Crippen LogP contribution < -0.4 is 10.6 Å². The van der Waals surface area contributed by atoms with Crippen LogP contribution in [0.25, 0.3) is 0 Å². The minimum atomic E-state index is -0.867. The van der Waals surface area contributed by atoms with E-state index in [4.69, 9.17) is 5.11 Å². The van der Waals surface area contributed by atoms with Gasteiger partial charge in [0.15, 0.2) is 0 Å². The topological polar surface area (TPSA) is 98.7 Å². The Labute approximate surface area is 131 Å². The summed E-state index contributed by atoms with van der Waals surface area (Å²) < 4.78 is 0. The molecular formula is C15H27N3O4. The van der Waals surface area contributed by atoms with Crippen LogP contribution in [0, 0.1) is 11.8 Å². The third-order valence-corrected chi connectivity index (χ3v) is 3.44. The average molecular weight is 313 g/mol. The summed E-state index contributed by atoms with van der Waals surface area (Å²) in [6.07, 6.45) is 0.794. The van der Waals surface area contributed by atoms with Crippen LogP contribution in [0.15, 0.2) is 0 Å². The highest BCUT2D eigenvalue weighted by Gasteiger charge is 2.31. The normalized spacial score (nSPS) is 22.1. The van der Waals surface area contributed by atoms with Gasteiger partial charge in [-0.3, -0.25) is 9.59 Å². The standard InChI is InChI=1S/C15H27N3O4/c1-10-7-11(13(20)21)9-18(8-10)14(22)16-6-5-12(19)17-15(2,3)4/h10-11H,5-9H2,1-4H3,(H,16,22)(H,17,19)(H,20,21). The molecule has 0 aromatic heterocycles. The molecule has 126 valence electrons. The molecule has 1 aliphatic rings. The highest BCUT2D eigenvalue weighted by molar-refractivity contribution is 5.79. The lowest BCUT2D eigenvalue weighted by Gasteiger charge is -2.34. The molecule has 0 spiro atoms. The molecule has 0 radical (unpaired) electrons. The first-order valence-electron chi connectivity index (χ1n) is 7.65. The molecule has 1 saturated heterocycles. The van der Waals surface area contributed by atoms with E-state index in [-0.39, 0.29) is 42.9 Å². The number of aliphatic carboxylic acids is 1. The number of carbonyl (C=O) groups excluding carboxylic acids is 2. The lowest BCUT2D eigenvalue weighted by atomic mass is 9.91. The number of carboxylic acids is 1. The number of amides is 3. The third kappa shape index (κ3) is 6.32. The van der Waals surface area contributed by atoms with E-state index in [2.05, 4.69) is 10.6 Å². The third-order valence-electron chi connectivity index (χ3n) is 3.44. The molecule has 3 amide bonds. The smallest absolute Gasteiger partial charge is 0.317 e. The van der Waals surface area contributed by atoms with Crippen molar-refractivity contribution in [3.63, 3.8) is 0 Å². The number of carboxylic acid groups (broad SMARTS) is 1. The molecule has 1 aliphatic heterocycles. The molecule has 7 heteroatoms. The number of piperidine rings is 1. The Balaban J connectivity index is 2.38. The molecule has 22 heavy (non-hydrogen) atoms. The molecule has 2 atom stereocenters. The summed E-state index contributed by atoms with van der Waals surface area (Å²) in [4.78, 5) is 36.3. The van der Waals surface area contributed by atoms with Crippen LogP contribution >= 0.6 is 0 Å². The largest absolute Gasteiger partial charge is 0.481 e. The zero-order valence-electron chi connectivity index (χ0n) is 13.8. The Hall–Kier alpha value is -1.79. The molecule has 0 bridgehead atoms. The molecule has 7 nitrogen and oxygen atoms in total. The van der Waals surface area contributed by atoms with Gasteiger partial charge in [0.25, 0.3) is 0 Å². The summed E-state index contributed by atoms with van der Waals surface area (Å²) in [6, 6.07) is -0.304. The minimum Gasteiger partial charge on any atom is -0.481 e. The van der Waals surface area contributed by atoms with Crippen molar-refractivity contribution in [3.8, 4) is 0 Å². The van der Waals surface area contributed by atoms with Crippen molar-refractivity contribution in [2.75, 3.05) is 19.6 Å². The van der Waals surface area contributed by atoms with Crippen LogP contribution in [0.4, 0.5) is 4.79 Å². The van der Waals surface area contributed by atoms with Gasteiger partial charge in [0.05, 0.1) is 5.92 Å². The van der Waals surface area contributed by atoms with E-state index < -0.39 is 11.9 Å². The maximum Gasteiger partial charge on any atom is 0.317 e. The second-order valence-corrected chi connectivity index (χ2v) is 7.06. The van der Waals surface area contributed by atoms with Gasteiger partial charge < -0.3 is 20.6 Å². The van der Waals surface area contributed by atoms with Crippen molar-refractivity contribution in [3.05, 3.63) is 0 Å². The summed E-state index contributed by atoms with van der Waals surface area (Å²) in [6.45, 7) is 8.62. The number of nitrogens with one attached hydrogen (secondary N) is 2. The summed E-state index contributed by atoms with van der Waals surface area (Å²) >= 11 is 0. The Morgan fingerprint density at radius 3 is 2.41 bits per heavy atom. The summed E-state index contributed by atoms with van der Waals surface area (Å²) in [5, 5.41) is 14.6. The molecule has 0 aromatic carbocycles. The van der Waals surface area contributed by atoms with Gasteiger partial charge in [-0.2, -0.15) is 0 Å². The van der Waals surface area contributed by atoms with Gasteiger partial charge in [-0.1, -0.05) is 6.92 Å². The summed E-state index contributed by atoms with van der Waals surface area (Å²) in [5.74, 6) is -1.35. The van der Waals surface area contributed by atoms with Crippen LogP contribution in [-0.4, -0.2) is 53.1 Å². The number of carbonyl (C=O) groups is 3. The van der Waals surface area contributed by atoms with E-state index in [0.29, 0.717) is 13.0 Å². The van der Waals surface area contributed by atoms with E-state index in [9.17, 15) is 14.4 Å². The fourth-order valence-corrected chi connectivity index (χ4v) is 2.57. The number of hydrogen-bond donors (Lipinski definition) is 3. The van der Waals surface area contributed by atoms with Crippen molar-refractivity contribution in [2.24, 2.45) is 11.8 Å². The Morgan fingerprint density at radius 2 is 1.86 bits per heavy atom. The van der Waals surface area contributed by atoms with Gasteiger partial charge in [-0.15, -0.1) is 0 Å². The molecule has 0 saturated carbocycles. The van der Waals surface area contributed by atoms with Crippen LogP contribution in [0.2, 0.25) is 0 Å². The quantitative estimate of drug-likeness (QED) is 0.722. The predicted octanol–water partition coefficient (Wildman–Crippen LogP) is 1.04. The van der Waals surface area contributed by atoms with Crippen LogP contribution in [0.3, 0.4) is 0 Å². The summed E-state index contributed by atoms with van der Waals surface area (Å²) in [5.41, 5.74) is -0.294. The predicted molar refractivity (Wildman–Crippen MR) is 82.4 cm³/mol. The van der Waals surface area contributed by atoms with E-state index in [1.807, 2.05) is 27.7 Å². The minimum absolute atomic E-state index is 0.122. The van der Waals surface area contributed by atoms with Crippen molar-refractivity contribution in [1.29, 1.82) is 0 Å². The molecule has 0 aromatic rings. The van der Waals surface area contributed by atoms with Gasteiger partial charge in [0, 0.05) is 31.6 Å². The molecule has 1 rings (SSSR count). The Bertz CT molecular complexity index is 431. The number of urea groups is 1. The number of rotatable bonds is 4. The first kappa shape index (κ1) is 18.3. The zero-order chi connectivity index (χ0) is 16.9. The molecule has 1 heterocycles. The van der Waals surface area contributed by atoms with Crippen LogP contribution in [0.5, 0.6) is 0 Å². The van der Waals surface area contributed by atoms with Gasteiger partial charge in [-0.05, 0) is 33.1 Å². The van der Waals surface area contributed by atoms with Gasteiger partial charge in [0.2, 0.25) is 5.91 Å². The lowest BCUT2D eigenvalue weighted by molar-refractivity contribution is -0.143. The first-order valence-corrected chi connectivity index (χ1v) is 7.65. The maximum absolute atomic E-state index is 12.1. The van der Waals surface area contributed by atoms with Crippen molar-refractivity contribution in [2.45, 2.75) is 46.1 Å². The summed E-state index contributed by atoms with van der Waals surface area (Å²) in [7, 11) is 0. The Kier molecular flexibility index (Phi) is 6.20. The molecular weight excluding hydrogens is 286 g/mol. The van der Waals surface area contributed by atoms with E-state index in [1.165, 1.54) is 4.90 Å². The van der Waals surface area contributed by atoms with Crippen molar-refractivity contribution < 1.29 is 19.5 Å². The van der Waals surface area contributed by atoms with Gasteiger partial charge in [-0.25, -0.2) is 4.79 Å². The number of hydrogen-bond acceptors (Lipinski definition) is 3. The van der Waals surface area contributed by atoms with E-state index in [1.54, 1.807) is 0 Å². The fourth-order valence-electron chi connectivity index (χ4n) is 2.57. The molecule has 1 fully saturated rings. The second kappa shape index (κ2) is 7.47. The Morgan fingerprint density at radius 1 is 1.23 bits per heavy atom. The lowest BCUT2D eigenvalue weighted by Crippen LogP contribution is -2.50. The van der Waals surface area contributed by atoms with Crippen LogP contribution in [-0.2, 0) is 9.59 Å². The zero-order valence-corrected chi connectivity index (χ0v) is 13.8. The SMILES string of the molecule is CC1CC(C(=O)O)CN(C(=O)NCCC(=O)NC(C)(C)C)C1. The van der Waals surface area contributed by atoms with Crippen molar-refractivity contribution in [1.82, 2.24) is 15.5 Å². The average Bonchev–Trinajstić information content (AvgIpc) is 2.35. The van der Waals surface area contributed by atoms with Crippen molar-refractivity contribution >= 4 is 17.9 Å². The highest BCUT2D eigenvalue weighted by atomic mass is 16.4. The van der Waals surface area contributed by atoms with Crippen LogP contribution in [0.1, 0.15) is 40.5 Å². The van der Waals surface area contributed by atoms with Gasteiger partial charge >= 0.3 is 12.0 Å². The number of likely N-dealkylation sites (tertiary alicyclic amines) is 1.